The number of esters is 1. The third kappa shape index (κ3) is 4.54. The maximum absolute atomic E-state index is 12.4. The average molecular weight is 384 g/mol. The molecular weight excluding hydrogens is 360 g/mol. The van der Waals surface area contributed by atoms with E-state index in [9.17, 15) is 9.59 Å². The number of methoxy groups -OCH3 is 2. The minimum atomic E-state index is -0.686. The highest BCUT2D eigenvalue weighted by Gasteiger charge is 2.20. The van der Waals surface area contributed by atoms with Gasteiger partial charge in [-0.2, -0.15) is 0 Å². The standard InChI is InChI=1S/C21H24N2O5/c1-26-17-6-5-7-18(27-2)20(17)21(25)28-14-19(24)22-15-8-10-16(11-9-15)23-12-3-4-13-23/h5-11H,3-4,12-14H2,1-2H3,(H,22,24). The Morgan fingerprint density at radius 3 is 2.14 bits per heavy atom. The van der Waals surface area contributed by atoms with Crippen LogP contribution in [0.2, 0.25) is 0 Å². The van der Waals surface area contributed by atoms with E-state index >= 15 is 0 Å². The van der Waals surface area contributed by atoms with Crippen LogP contribution in [0, 0.1) is 0 Å². The molecular formula is C21H24N2O5. The third-order valence-electron chi connectivity index (χ3n) is 4.59. The van der Waals surface area contributed by atoms with Crippen LogP contribution in [0.4, 0.5) is 11.4 Å². The topological polar surface area (TPSA) is 77.1 Å². The number of amides is 1. The maximum Gasteiger partial charge on any atom is 0.346 e. The third-order valence-corrected chi connectivity index (χ3v) is 4.59. The first kappa shape index (κ1) is 19.5. The minimum absolute atomic E-state index is 0.148. The van der Waals surface area contributed by atoms with Crippen molar-refractivity contribution in [2.45, 2.75) is 12.8 Å². The fraction of sp³-hybridized carbons (Fsp3) is 0.333. The summed E-state index contributed by atoms with van der Waals surface area (Å²) >= 11 is 0. The molecule has 0 unspecified atom stereocenters. The van der Waals surface area contributed by atoms with Crippen molar-refractivity contribution < 1.29 is 23.8 Å². The van der Waals surface area contributed by atoms with Gasteiger partial charge in [0.2, 0.25) is 0 Å². The van der Waals surface area contributed by atoms with Gasteiger partial charge in [0.1, 0.15) is 17.1 Å². The van der Waals surface area contributed by atoms with Gasteiger partial charge in [-0.3, -0.25) is 4.79 Å². The molecule has 1 fully saturated rings. The van der Waals surface area contributed by atoms with Crippen LogP contribution in [0.3, 0.4) is 0 Å². The second-order valence-electron chi connectivity index (χ2n) is 6.40. The lowest BCUT2D eigenvalue weighted by Crippen LogP contribution is -2.21. The van der Waals surface area contributed by atoms with Crippen LogP contribution < -0.4 is 19.7 Å². The summed E-state index contributed by atoms with van der Waals surface area (Å²) in [6, 6.07) is 12.6. The van der Waals surface area contributed by atoms with Gasteiger partial charge in [-0.05, 0) is 49.2 Å². The normalized spacial score (nSPS) is 13.1. The van der Waals surface area contributed by atoms with Crippen molar-refractivity contribution in [1.29, 1.82) is 0 Å². The first-order valence-electron chi connectivity index (χ1n) is 9.15. The number of rotatable bonds is 7. The molecule has 2 aromatic rings. The molecule has 0 saturated carbocycles. The van der Waals surface area contributed by atoms with E-state index in [4.69, 9.17) is 14.2 Å². The Labute approximate surface area is 164 Å². The van der Waals surface area contributed by atoms with Crippen molar-refractivity contribution in [1.82, 2.24) is 0 Å². The van der Waals surface area contributed by atoms with Gasteiger partial charge in [0.05, 0.1) is 14.2 Å². The number of anilines is 2. The molecule has 1 aliphatic heterocycles. The van der Waals surface area contributed by atoms with Crippen LogP contribution in [0.15, 0.2) is 42.5 Å². The molecule has 0 aliphatic carbocycles. The van der Waals surface area contributed by atoms with E-state index in [1.807, 2.05) is 24.3 Å². The van der Waals surface area contributed by atoms with E-state index in [1.165, 1.54) is 27.1 Å². The van der Waals surface area contributed by atoms with Gasteiger partial charge in [-0.1, -0.05) is 6.07 Å². The van der Waals surface area contributed by atoms with E-state index in [2.05, 4.69) is 10.2 Å². The van der Waals surface area contributed by atoms with Crippen LogP contribution in [0.25, 0.3) is 0 Å². The minimum Gasteiger partial charge on any atom is -0.496 e. The SMILES string of the molecule is COc1cccc(OC)c1C(=O)OCC(=O)Nc1ccc(N2CCCC2)cc1. The number of carbonyl (C=O) groups is 2. The summed E-state index contributed by atoms with van der Waals surface area (Å²) in [6.07, 6.45) is 2.42. The number of benzene rings is 2. The van der Waals surface area contributed by atoms with Gasteiger partial charge in [0.25, 0.3) is 5.91 Å². The molecule has 0 atom stereocenters. The van der Waals surface area contributed by atoms with Gasteiger partial charge in [0.15, 0.2) is 6.61 Å². The lowest BCUT2D eigenvalue weighted by molar-refractivity contribution is -0.119. The molecule has 7 heteroatoms. The van der Waals surface area contributed by atoms with Crippen molar-refractivity contribution in [2.75, 3.05) is 44.1 Å². The zero-order valence-electron chi connectivity index (χ0n) is 16.1. The molecule has 2 aromatic carbocycles. The van der Waals surface area contributed by atoms with Crippen LogP contribution in [-0.4, -0.2) is 45.8 Å². The monoisotopic (exact) mass is 384 g/mol. The highest BCUT2D eigenvalue weighted by atomic mass is 16.5. The van der Waals surface area contributed by atoms with E-state index < -0.39 is 18.5 Å². The second kappa shape index (κ2) is 9.12. The Kier molecular flexibility index (Phi) is 6.37. The summed E-state index contributed by atoms with van der Waals surface area (Å²) < 4.78 is 15.5. The predicted molar refractivity (Wildman–Crippen MR) is 106 cm³/mol. The Hall–Kier alpha value is -3.22. The van der Waals surface area contributed by atoms with Crippen LogP contribution in [0.5, 0.6) is 11.5 Å². The molecule has 1 heterocycles. The fourth-order valence-corrected chi connectivity index (χ4v) is 3.18. The molecule has 1 saturated heterocycles. The summed E-state index contributed by atoms with van der Waals surface area (Å²) in [5, 5.41) is 2.73. The lowest BCUT2D eigenvalue weighted by Gasteiger charge is -2.17. The molecule has 0 radical (unpaired) electrons. The van der Waals surface area contributed by atoms with Crippen molar-refractivity contribution in [3.63, 3.8) is 0 Å². The molecule has 0 bridgehead atoms. The maximum atomic E-state index is 12.4. The second-order valence-corrected chi connectivity index (χ2v) is 6.40. The molecule has 1 aliphatic rings. The molecule has 148 valence electrons. The Morgan fingerprint density at radius 2 is 1.57 bits per heavy atom. The molecule has 1 N–H and O–H groups in total. The van der Waals surface area contributed by atoms with E-state index in [1.54, 1.807) is 18.2 Å². The molecule has 0 aromatic heterocycles. The number of carbonyl (C=O) groups excluding carboxylic acids is 2. The number of nitrogens with zero attached hydrogens (tertiary/aromatic N) is 1. The molecule has 28 heavy (non-hydrogen) atoms. The first-order chi connectivity index (χ1) is 13.6. The lowest BCUT2D eigenvalue weighted by atomic mass is 10.2. The van der Waals surface area contributed by atoms with Crippen molar-refractivity contribution >= 4 is 23.3 Å². The molecule has 3 rings (SSSR count). The van der Waals surface area contributed by atoms with Crippen LogP contribution >= 0.6 is 0 Å². The Morgan fingerprint density at radius 1 is 0.964 bits per heavy atom. The fourth-order valence-electron chi connectivity index (χ4n) is 3.18. The summed E-state index contributed by atoms with van der Waals surface area (Å²) in [5.74, 6) is -0.463. The Bertz CT molecular complexity index is 807. The summed E-state index contributed by atoms with van der Waals surface area (Å²) in [5.41, 5.74) is 1.94. The quantitative estimate of drug-likeness (QED) is 0.739. The van der Waals surface area contributed by atoms with Crippen molar-refractivity contribution in [3.05, 3.63) is 48.0 Å². The van der Waals surface area contributed by atoms with E-state index in [0.717, 1.165) is 18.8 Å². The zero-order valence-corrected chi connectivity index (χ0v) is 16.1. The van der Waals surface area contributed by atoms with Gasteiger partial charge in [0, 0.05) is 24.5 Å². The number of ether oxygens (including phenoxy) is 3. The molecule has 1 amide bonds. The molecule has 7 nitrogen and oxygen atoms in total. The zero-order chi connectivity index (χ0) is 19.9. The summed E-state index contributed by atoms with van der Waals surface area (Å²) in [7, 11) is 2.90. The summed E-state index contributed by atoms with van der Waals surface area (Å²) in [6.45, 7) is 1.72. The van der Waals surface area contributed by atoms with Crippen LogP contribution in [0.1, 0.15) is 23.2 Å². The number of nitrogens with one attached hydrogen (secondary N) is 1. The van der Waals surface area contributed by atoms with Crippen LogP contribution in [-0.2, 0) is 9.53 Å². The highest BCUT2D eigenvalue weighted by Crippen LogP contribution is 2.29. The summed E-state index contributed by atoms with van der Waals surface area (Å²) in [4.78, 5) is 26.8. The largest absolute Gasteiger partial charge is 0.496 e. The Balaban J connectivity index is 1.56. The van der Waals surface area contributed by atoms with Crippen molar-refractivity contribution in [3.8, 4) is 11.5 Å². The van der Waals surface area contributed by atoms with Gasteiger partial charge >= 0.3 is 5.97 Å². The first-order valence-corrected chi connectivity index (χ1v) is 9.15. The molecule has 0 spiro atoms. The predicted octanol–water partition coefficient (Wildman–Crippen LogP) is 3.10. The van der Waals surface area contributed by atoms with E-state index in [-0.39, 0.29) is 5.56 Å². The van der Waals surface area contributed by atoms with Gasteiger partial charge in [-0.25, -0.2) is 4.79 Å². The van der Waals surface area contributed by atoms with Crippen molar-refractivity contribution in [2.24, 2.45) is 0 Å². The van der Waals surface area contributed by atoms with E-state index in [0.29, 0.717) is 17.2 Å². The van der Waals surface area contributed by atoms with Gasteiger partial charge < -0.3 is 24.4 Å². The number of hydrogen-bond acceptors (Lipinski definition) is 6. The average Bonchev–Trinajstić information content (AvgIpc) is 3.26. The smallest absolute Gasteiger partial charge is 0.346 e. The van der Waals surface area contributed by atoms with Gasteiger partial charge in [-0.15, -0.1) is 0 Å². The number of hydrogen-bond donors (Lipinski definition) is 1. The highest BCUT2D eigenvalue weighted by molar-refractivity contribution is 5.98.